The van der Waals surface area contributed by atoms with E-state index in [-0.39, 0.29) is 30.7 Å². The molecule has 0 radical (unpaired) electrons. The maximum atomic E-state index is 12.4. The third-order valence-electron chi connectivity index (χ3n) is 5.29. The molecule has 0 saturated carbocycles. The molecule has 0 aromatic heterocycles. The highest BCUT2D eigenvalue weighted by Gasteiger charge is 2.23. The molecule has 1 aliphatic heterocycles. The molecular formula is C22H31Cl2N3O. The SMILES string of the molecule is CCC(CNC(=O)C(N)Cc1ccccc1)N1CCc2ccccc2C1.Cl.Cl. The molecule has 0 fully saturated rings. The molecule has 2 aromatic carbocycles. The Hall–Kier alpha value is -1.59. The topological polar surface area (TPSA) is 58.4 Å². The number of hydrogen-bond acceptors (Lipinski definition) is 3. The number of nitrogens with one attached hydrogen (secondary N) is 1. The van der Waals surface area contributed by atoms with Crippen molar-refractivity contribution in [3.63, 3.8) is 0 Å². The minimum atomic E-state index is -0.503. The molecule has 0 bridgehead atoms. The first-order valence-electron chi connectivity index (χ1n) is 9.55. The Balaban J connectivity index is 0.00000196. The Labute approximate surface area is 180 Å². The van der Waals surface area contributed by atoms with Crippen LogP contribution in [0.5, 0.6) is 0 Å². The van der Waals surface area contributed by atoms with Crippen LogP contribution in [-0.2, 0) is 24.2 Å². The van der Waals surface area contributed by atoms with Crippen molar-refractivity contribution in [1.29, 1.82) is 0 Å². The van der Waals surface area contributed by atoms with Gasteiger partial charge in [-0.15, -0.1) is 24.8 Å². The summed E-state index contributed by atoms with van der Waals surface area (Å²) in [4.78, 5) is 14.9. The van der Waals surface area contributed by atoms with Crippen molar-refractivity contribution in [3.8, 4) is 0 Å². The van der Waals surface area contributed by atoms with E-state index in [1.807, 2.05) is 30.3 Å². The molecule has 1 amide bonds. The van der Waals surface area contributed by atoms with E-state index in [1.54, 1.807) is 0 Å². The fraction of sp³-hybridized carbons (Fsp3) is 0.409. The van der Waals surface area contributed by atoms with Crippen LogP contribution < -0.4 is 11.1 Å². The van der Waals surface area contributed by atoms with Crippen molar-refractivity contribution in [3.05, 3.63) is 71.3 Å². The van der Waals surface area contributed by atoms with Crippen LogP contribution in [-0.4, -0.2) is 36.0 Å². The predicted molar refractivity (Wildman–Crippen MR) is 120 cm³/mol. The highest BCUT2D eigenvalue weighted by Crippen LogP contribution is 2.21. The van der Waals surface area contributed by atoms with Crippen molar-refractivity contribution in [2.75, 3.05) is 13.1 Å². The zero-order valence-electron chi connectivity index (χ0n) is 16.3. The second-order valence-electron chi connectivity index (χ2n) is 7.09. The van der Waals surface area contributed by atoms with Gasteiger partial charge in [-0.3, -0.25) is 9.69 Å². The predicted octanol–water partition coefficient (Wildman–Crippen LogP) is 3.35. The van der Waals surface area contributed by atoms with Gasteiger partial charge in [0.2, 0.25) is 5.91 Å². The maximum absolute atomic E-state index is 12.4. The van der Waals surface area contributed by atoms with Crippen LogP contribution in [0.4, 0.5) is 0 Å². The normalized spacial score (nSPS) is 15.4. The number of halogens is 2. The van der Waals surface area contributed by atoms with Crippen LogP contribution in [0, 0.1) is 0 Å². The molecular weight excluding hydrogens is 393 g/mol. The van der Waals surface area contributed by atoms with Gasteiger partial charge in [0.1, 0.15) is 0 Å². The van der Waals surface area contributed by atoms with Crippen LogP contribution in [0.25, 0.3) is 0 Å². The monoisotopic (exact) mass is 423 g/mol. The molecule has 0 saturated heterocycles. The van der Waals surface area contributed by atoms with Gasteiger partial charge in [-0.25, -0.2) is 0 Å². The summed E-state index contributed by atoms with van der Waals surface area (Å²) in [6, 6.07) is 18.4. The summed E-state index contributed by atoms with van der Waals surface area (Å²) in [6.07, 6.45) is 2.66. The summed E-state index contributed by atoms with van der Waals surface area (Å²) in [5.74, 6) is -0.0651. The van der Waals surface area contributed by atoms with Gasteiger partial charge >= 0.3 is 0 Å². The fourth-order valence-corrected chi connectivity index (χ4v) is 3.67. The van der Waals surface area contributed by atoms with E-state index < -0.39 is 6.04 Å². The summed E-state index contributed by atoms with van der Waals surface area (Å²) in [5.41, 5.74) is 10.0. The lowest BCUT2D eigenvalue weighted by Crippen LogP contribution is -2.49. The number of carbonyl (C=O) groups is 1. The standard InChI is InChI=1S/C22H29N3O.2ClH/c1-2-20(25-13-12-18-10-6-7-11-19(18)16-25)15-24-22(26)21(23)14-17-8-4-3-5-9-17;;/h3-11,20-21H,2,12-16,23H2,1H3,(H,24,26);2*1H. The zero-order chi connectivity index (χ0) is 18.4. The molecule has 1 heterocycles. The van der Waals surface area contributed by atoms with Gasteiger partial charge in [-0.05, 0) is 36.0 Å². The summed E-state index contributed by atoms with van der Waals surface area (Å²) in [5, 5.41) is 3.07. The lowest BCUT2D eigenvalue weighted by atomic mass is 9.98. The Bertz CT molecular complexity index is 727. The number of hydrogen-bond donors (Lipinski definition) is 2. The van der Waals surface area contributed by atoms with Crippen molar-refractivity contribution < 1.29 is 4.79 Å². The molecule has 3 N–H and O–H groups in total. The van der Waals surface area contributed by atoms with E-state index in [0.29, 0.717) is 19.0 Å². The second-order valence-corrected chi connectivity index (χ2v) is 7.09. The lowest BCUT2D eigenvalue weighted by molar-refractivity contribution is -0.122. The van der Waals surface area contributed by atoms with Gasteiger partial charge in [-0.1, -0.05) is 61.5 Å². The largest absolute Gasteiger partial charge is 0.353 e. The van der Waals surface area contributed by atoms with Crippen LogP contribution in [0.2, 0.25) is 0 Å². The first-order valence-corrected chi connectivity index (χ1v) is 9.55. The molecule has 6 heteroatoms. The van der Waals surface area contributed by atoms with Crippen LogP contribution in [0.1, 0.15) is 30.0 Å². The van der Waals surface area contributed by atoms with Crippen LogP contribution in [0.3, 0.4) is 0 Å². The lowest BCUT2D eigenvalue weighted by Gasteiger charge is -2.35. The molecule has 4 nitrogen and oxygen atoms in total. The van der Waals surface area contributed by atoms with Gasteiger partial charge in [0.05, 0.1) is 6.04 Å². The number of rotatable bonds is 7. The molecule has 3 rings (SSSR count). The maximum Gasteiger partial charge on any atom is 0.237 e. The number of carbonyl (C=O) groups excluding carboxylic acids is 1. The molecule has 28 heavy (non-hydrogen) atoms. The second kappa shape index (κ2) is 12.1. The van der Waals surface area contributed by atoms with Gasteiger partial charge in [0.25, 0.3) is 0 Å². The molecule has 2 atom stereocenters. The van der Waals surface area contributed by atoms with Gasteiger partial charge < -0.3 is 11.1 Å². The van der Waals surface area contributed by atoms with E-state index in [2.05, 4.69) is 41.4 Å². The molecule has 2 aromatic rings. The summed E-state index contributed by atoms with van der Waals surface area (Å²) >= 11 is 0. The molecule has 2 unspecified atom stereocenters. The number of fused-ring (bicyclic) bond motifs is 1. The van der Waals surface area contributed by atoms with Crippen molar-refractivity contribution in [2.24, 2.45) is 5.73 Å². The van der Waals surface area contributed by atoms with Crippen LogP contribution >= 0.6 is 24.8 Å². The average Bonchev–Trinajstić information content (AvgIpc) is 2.69. The summed E-state index contributed by atoms with van der Waals surface area (Å²) in [7, 11) is 0. The van der Waals surface area contributed by atoms with E-state index in [4.69, 9.17) is 5.73 Å². The zero-order valence-corrected chi connectivity index (χ0v) is 18.0. The molecule has 1 aliphatic rings. The Morgan fingerprint density at radius 1 is 1.07 bits per heavy atom. The number of nitrogens with two attached hydrogens (primary N) is 1. The number of nitrogens with zero attached hydrogens (tertiary/aromatic N) is 1. The van der Waals surface area contributed by atoms with Gasteiger partial charge in [-0.2, -0.15) is 0 Å². The van der Waals surface area contributed by atoms with Crippen LogP contribution in [0.15, 0.2) is 54.6 Å². The van der Waals surface area contributed by atoms with Gasteiger partial charge in [0.15, 0.2) is 0 Å². The highest BCUT2D eigenvalue weighted by atomic mass is 35.5. The minimum Gasteiger partial charge on any atom is -0.353 e. The van der Waals surface area contributed by atoms with E-state index in [9.17, 15) is 4.79 Å². The molecule has 0 aliphatic carbocycles. The molecule has 154 valence electrons. The first kappa shape index (κ1) is 24.4. The molecule has 0 spiro atoms. The minimum absolute atomic E-state index is 0. The fourth-order valence-electron chi connectivity index (χ4n) is 3.67. The van der Waals surface area contributed by atoms with E-state index >= 15 is 0 Å². The summed E-state index contributed by atoms with van der Waals surface area (Å²) in [6.45, 7) is 4.84. The highest BCUT2D eigenvalue weighted by molar-refractivity contribution is 5.85. The van der Waals surface area contributed by atoms with Crippen molar-refractivity contribution in [1.82, 2.24) is 10.2 Å². The smallest absolute Gasteiger partial charge is 0.237 e. The van der Waals surface area contributed by atoms with Crippen molar-refractivity contribution in [2.45, 2.75) is 44.8 Å². The Morgan fingerprint density at radius 2 is 1.71 bits per heavy atom. The number of benzene rings is 2. The quantitative estimate of drug-likeness (QED) is 0.717. The average molecular weight is 424 g/mol. The Kier molecular flexibility index (Phi) is 10.5. The van der Waals surface area contributed by atoms with Gasteiger partial charge in [0, 0.05) is 25.7 Å². The van der Waals surface area contributed by atoms with E-state index in [0.717, 1.165) is 31.5 Å². The third kappa shape index (κ3) is 6.49. The third-order valence-corrected chi connectivity index (χ3v) is 5.29. The number of amides is 1. The first-order chi connectivity index (χ1) is 12.7. The summed E-state index contributed by atoms with van der Waals surface area (Å²) < 4.78 is 0. The van der Waals surface area contributed by atoms with Crippen molar-refractivity contribution >= 4 is 30.7 Å². The van der Waals surface area contributed by atoms with E-state index in [1.165, 1.54) is 11.1 Å². The Morgan fingerprint density at radius 3 is 2.39 bits per heavy atom.